The number of methoxy groups -OCH3 is 1. The number of nitrogens with zero attached hydrogens (tertiary/aromatic N) is 1. The van der Waals surface area contributed by atoms with Crippen molar-refractivity contribution in [2.24, 2.45) is 11.3 Å². The van der Waals surface area contributed by atoms with E-state index in [-0.39, 0.29) is 18.1 Å². The van der Waals surface area contributed by atoms with Crippen molar-refractivity contribution in [2.75, 3.05) is 26.7 Å². The van der Waals surface area contributed by atoms with Crippen LogP contribution >= 0.6 is 0 Å². The number of nitrogens with one attached hydrogen (secondary N) is 1. The number of esters is 1. The van der Waals surface area contributed by atoms with Crippen LogP contribution in [0.15, 0.2) is 0 Å². The molecule has 6 heteroatoms. The van der Waals surface area contributed by atoms with Crippen LogP contribution in [-0.4, -0.2) is 55.3 Å². The van der Waals surface area contributed by atoms with Crippen molar-refractivity contribution in [3.05, 3.63) is 0 Å². The largest absolute Gasteiger partial charge is 0.469 e. The van der Waals surface area contributed by atoms with E-state index in [0.717, 1.165) is 6.54 Å². The van der Waals surface area contributed by atoms with Gasteiger partial charge in [-0.1, -0.05) is 13.8 Å². The predicted molar refractivity (Wildman–Crippen MR) is 89.2 cm³/mol. The van der Waals surface area contributed by atoms with E-state index in [0.29, 0.717) is 25.4 Å². The molecule has 1 amide bonds. The lowest BCUT2D eigenvalue weighted by atomic mass is 9.79. The fourth-order valence-electron chi connectivity index (χ4n) is 2.82. The molecule has 1 heterocycles. The van der Waals surface area contributed by atoms with Crippen LogP contribution in [0.4, 0.5) is 4.79 Å². The van der Waals surface area contributed by atoms with Crippen molar-refractivity contribution < 1.29 is 19.1 Å². The Balaban J connectivity index is 2.88. The van der Waals surface area contributed by atoms with Crippen molar-refractivity contribution in [2.45, 2.75) is 59.6 Å². The lowest BCUT2D eigenvalue weighted by Gasteiger charge is -2.43. The van der Waals surface area contributed by atoms with Crippen molar-refractivity contribution in [1.29, 1.82) is 0 Å². The summed E-state index contributed by atoms with van der Waals surface area (Å²) < 4.78 is 10.4. The third kappa shape index (κ3) is 6.01. The van der Waals surface area contributed by atoms with E-state index in [1.807, 2.05) is 27.7 Å². The summed E-state index contributed by atoms with van der Waals surface area (Å²) in [6.45, 7) is 13.3. The molecule has 0 spiro atoms. The molecule has 1 aliphatic heterocycles. The second kappa shape index (κ2) is 7.51. The number of amides is 1. The first kappa shape index (κ1) is 19.7. The number of hydrogen-bond acceptors (Lipinski definition) is 5. The van der Waals surface area contributed by atoms with Gasteiger partial charge in [-0.15, -0.1) is 0 Å². The van der Waals surface area contributed by atoms with Crippen LogP contribution in [0.1, 0.15) is 48.0 Å². The number of ether oxygens (including phenoxy) is 2. The number of hydrogen-bond donors (Lipinski definition) is 1. The van der Waals surface area contributed by atoms with Gasteiger partial charge in [-0.2, -0.15) is 0 Å². The van der Waals surface area contributed by atoms with Crippen LogP contribution in [0.25, 0.3) is 0 Å². The van der Waals surface area contributed by atoms with E-state index in [1.165, 1.54) is 7.11 Å². The summed E-state index contributed by atoms with van der Waals surface area (Å²) in [6.07, 6.45) is 0.259. The molecule has 1 unspecified atom stereocenters. The Morgan fingerprint density at radius 2 is 1.96 bits per heavy atom. The Bertz CT molecular complexity index is 431. The highest BCUT2D eigenvalue weighted by atomic mass is 16.6. The van der Waals surface area contributed by atoms with Gasteiger partial charge in [0.1, 0.15) is 5.60 Å². The van der Waals surface area contributed by atoms with E-state index in [4.69, 9.17) is 9.47 Å². The van der Waals surface area contributed by atoms with E-state index in [9.17, 15) is 9.59 Å². The minimum absolute atomic E-state index is 0.0442. The average molecular weight is 328 g/mol. The molecule has 2 atom stereocenters. The zero-order chi connectivity index (χ0) is 17.8. The standard InChI is InChI=1S/C17H32N2O4/c1-12(2)9-18-13-8-17(6,14(20)22-7)11-19(10-13)15(21)23-16(3,4)5/h12-13,18H,8-11H2,1-7H3/t13-,17?/m0/s1. The van der Waals surface area contributed by atoms with Gasteiger partial charge >= 0.3 is 12.1 Å². The lowest BCUT2D eigenvalue weighted by molar-refractivity contribution is -0.155. The molecule has 0 saturated carbocycles. The number of piperidine rings is 1. The summed E-state index contributed by atoms with van der Waals surface area (Å²) in [5, 5.41) is 3.45. The number of carbonyl (C=O) groups is 2. The molecule has 1 aliphatic rings. The van der Waals surface area contributed by atoms with Gasteiger partial charge in [-0.3, -0.25) is 4.79 Å². The van der Waals surface area contributed by atoms with Crippen LogP contribution in [-0.2, 0) is 14.3 Å². The molecule has 0 radical (unpaired) electrons. The van der Waals surface area contributed by atoms with Gasteiger partial charge in [0.15, 0.2) is 0 Å². The molecule has 0 bridgehead atoms. The van der Waals surface area contributed by atoms with Crippen LogP contribution in [0.3, 0.4) is 0 Å². The highest BCUT2D eigenvalue weighted by molar-refractivity contribution is 5.78. The van der Waals surface area contributed by atoms with Gasteiger partial charge in [0, 0.05) is 19.1 Å². The maximum absolute atomic E-state index is 12.4. The zero-order valence-electron chi connectivity index (χ0n) is 15.6. The van der Waals surface area contributed by atoms with Crippen molar-refractivity contribution in [1.82, 2.24) is 10.2 Å². The highest BCUT2D eigenvalue weighted by Gasteiger charge is 2.45. The number of rotatable bonds is 4. The molecule has 0 aromatic heterocycles. The molecule has 23 heavy (non-hydrogen) atoms. The predicted octanol–water partition coefficient (Wildman–Crippen LogP) is 2.42. The topological polar surface area (TPSA) is 67.9 Å². The SMILES string of the molecule is COC(=O)C1(C)C[C@H](NCC(C)C)CN(C(=O)OC(C)(C)C)C1. The smallest absolute Gasteiger partial charge is 0.410 e. The first-order valence-electron chi connectivity index (χ1n) is 8.26. The summed E-state index contributed by atoms with van der Waals surface area (Å²) in [7, 11) is 1.39. The van der Waals surface area contributed by atoms with Gasteiger partial charge in [-0.25, -0.2) is 4.79 Å². The van der Waals surface area contributed by atoms with Crippen LogP contribution in [0.2, 0.25) is 0 Å². The van der Waals surface area contributed by atoms with Crippen molar-refractivity contribution in [3.63, 3.8) is 0 Å². The third-order valence-electron chi connectivity index (χ3n) is 3.82. The van der Waals surface area contributed by atoms with Gasteiger partial charge in [-0.05, 0) is 46.6 Å². The number of likely N-dealkylation sites (tertiary alicyclic amines) is 1. The minimum atomic E-state index is -0.724. The monoisotopic (exact) mass is 328 g/mol. The van der Waals surface area contributed by atoms with E-state index in [2.05, 4.69) is 19.2 Å². The zero-order valence-corrected chi connectivity index (χ0v) is 15.6. The molecular formula is C17H32N2O4. The maximum Gasteiger partial charge on any atom is 0.410 e. The first-order chi connectivity index (χ1) is 10.5. The Labute approximate surface area is 139 Å². The lowest BCUT2D eigenvalue weighted by Crippen LogP contribution is -2.58. The fourth-order valence-corrected chi connectivity index (χ4v) is 2.82. The molecule has 134 valence electrons. The summed E-state index contributed by atoms with van der Waals surface area (Å²) in [4.78, 5) is 26.2. The van der Waals surface area contributed by atoms with Crippen LogP contribution in [0, 0.1) is 11.3 Å². The van der Waals surface area contributed by atoms with Gasteiger partial charge in [0.05, 0.1) is 12.5 Å². The third-order valence-corrected chi connectivity index (χ3v) is 3.82. The molecule has 0 aromatic rings. The number of carbonyl (C=O) groups excluding carboxylic acids is 2. The fraction of sp³-hybridized carbons (Fsp3) is 0.882. The normalized spacial score (nSPS) is 25.4. The summed E-state index contributed by atoms with van der Waals surface area (Å²) in [5.74, 6) is 0.207. The van der Waals surface area contributed by atoms with Crippen molar-refractivity contribution in [3.8, 4) is 0 Å². The molecule has 6 nitrogen and oxygen atoms in total. The van der Waals surface area contributed by atoms with Crippen molar-refractivity contribution >= 4 is 12.1 Å². The highest BCUT2D eigenvalue weighted by Crippen LogP contribution is 2.32. The van der Waals surface area contributed by atoms with E-state index >= 15 is 0 Å². The van der Waals surface area contributed by atoms with E-state index in [1.54, 1.807) is 4.90 Å². The molecule has 1 saturated heterocycles. The molecule has 0 aliphatic carbocycles. The van der Waals surface area contributed by atoms with E-state index < -0.39 is 11.0 Å². The summed E-state index contributed by atoms with van der Waals surface area (Å²) in [6, 6.07) is 0.0442. The van der Waals surface area contributed by atoms with Gasteiger partial charge in [0.2, 0.25) is 0 Å². The second-order valence-corrected chi connectivity index (χ2v) is 8.12. The molecule has 0 aromatic carbocycles. The Kier molecular flexibility index (Phi) is 6.45. The summed E-state index contributed by atoms with van der Waals surface area (Å²) in [5.41, 5.74) is -1.28. The molecule has 1 rings (SSSR count). The van der Waals surface area contributed by atoms with Gasteiger partial charge < -0.3 is 19.7 Å². The molecule has 1 N–H and O–H groups in total. The Morgan fingerprint density at radius 3 is 2.43 bits per heavy atom. The molecular weight excluding hydrogens is 296 g/mol. The quantitative estimate of drug-likeness (QED) is 0.803. The van der Waals surface area contributed by atoms with Gasteiger partial charge in [0.25, 0.3) is 0 Å². The Morgan fingerprint density at radius 1 is 1.35 bits per heavy atom. The summed E-state index contributed by atoms with van der Waals surface area (Å²) >= 11 is 0. The Hall–Kier alpha value is -1.30. The second-order valence-electron chi connectivity index (χ2n) is 8.12. The minimum Gasteiger partial charge on any atom is -0.469 e. The van der Waals surface area contributed by atoms with Crippen LogP contribution < -0.4 is 5.32 Å². The first-order valence-corrected chi connectivity index (χ1v) is 8.26. The maximum atomic E-state index is 12.4. The van der Waals surface area contributed by atoms with Crippen LogP contribution in [0.5, 0.6) is 0 Å². The average Bonchev–Trinajstić information content (AvgIpc) is 2.41. The molecule has 1 fully saturated rings.